The summed E-state index contributed by atoms with van der Waals surface area (Å²) in [6.45, 7) is 2.16. The second-order valence-electron chi connectivity index (χ2n) is 4.93. The third kappa shape index (κ3) is 2.94. The van der Waals surface area contributed by atoms with E-state index in [0.717, 1.165) is 12.1 Å². The van der Waals surface area contributed by atoms with Gasteiger partial charge >= 0.3 is 6.18 Å². The largest absolute Gasteiger partial charge is 0.504 e. The van der Waals surface area contributed by atoms with Gasteiger partial charge in [0, 0.05) is 5.56 Å². The number of nitrogens with zero attached hydrogens (tertiary/aromatic N) is 1. The molecule has 7 heteroatoms. The first kappa shape index (κ1) is 15.2. The first-order valence-electron chi connectivity index (χ1n) is 6.91. The summed E-state index contributed by atoms with van der Waals surface area (Å²) >= 11 is 0. The highest BCUT2D eigenvalue weighted by molar-refractivity contribution is 5.80. The molecule has 0 fully saturated rings. The number of nitrogens with one attached hydrogen (secondary N) is 1. The number of ether oxygens (including phenoxy) is 1. The molecule has 0 radical (unpaired) electrons. The van der Waals surface area contributed by atoms with Crippen LogP contribution in [0, 0.1) is 0 Å². The van der Waals surface area contributed by atoms with E-state index in [-0.39, 0.29) is 5.75 Å². The van der Waals surface area contributed by atoms with E-state index >= 15 is 0 Å². The Bertz CT molecular complexity index is 856. The number of halogens is 3. The Morgan fingerprint density at radius 2 is 1.96 bits per heavy atom. The molecule has 0 aliphatic rings. The molecule has 23 heavy (non-hydrogen) atoms. The number of rotatable bonds is 3. The molecule has 0 amide bonds. The number of phenolic OH excluding ortho intramolecular Hbond substituents is 1. The molecule has 3 rings (SSSR count). The normalized spacial score (nSPS) is 11.8. The quantitative estimate of drug-likeness (QED) is 0.753. The van der Waals surface area contributed by atoms with E-state index in [0.29, 0.717) is 34.8 Å². The maximum absolute atomic E-state index is 12.7. The summed E-state index contributed by atoms with van der Waals surface area (Å²) in [6, 6.07) is 7.99. The van der Waals surface area contributed by atoms with Gasteiger partial charge in [-0.1, -0.05) is 0 Å². The summed E-state index contributed by atoms with van der Waals surface area (Å²) < 4.78 is 43.5. The minimum absolute atomic E-state index is 0.00827. The smallest absolute Gasteiger partial charge is 0.416 e. The van der Waals surface area contributed by atoms with E-state index < -0.39 is 11.7 Å². The molecule has 0 aliphatic heterocycles. The average molecular weight is 322 g/mol. The molecule has 0 bridgehead atoms. The first-order chi connectivity index (χ1) is 10.9. The summed E-state index contributed by atoms with van der Waals surface area (Å²) in [4.78, 5) is 7.14. The number of hydrogen-bond donors (Lipinski definition) is 2. The number of fused-ring (bicyclic) bond motifs is 1. The van der Waals surface area contributed by atoms with Crippen LogP contribution in [0.5, 0.6) is 11.5 Å². The summed E-state index contributed by atoms with van der Waals surface area (Å²) in [6.07, 6.45) is -4.40. The van der Waals surface area contributed by atoms with Crippen LogP contribution in [0.2, 0.25) is 0 Å². The van der Waals surface area contributed by atoms with Gasteiger partial charge in [-0.15, -0.1) is 0 Å². The molecule has 0 aliphatic carbocycles. The Morgan fingerprint density at radius 3 is 2.65 bits per heavy atom. The van der Waals surface area contributed by atoms with Crippen LogP contribution < -0.4 is 4.74 Å². The average Bonchev–Trinajstić information content (AvgIpc) is 2.91. The van der Waals surface area contributed by atoms with Crippen molar-refractivity contribution in [3.05, 3.63) is 42.0 Å². The number of benzene rings is 2. The van der Waals surface area contributed by atoms with Crippen molar-refractivity contribution in [3.63, 3.8) is 0 Å². The molecule has 0 spiro atoms. The van der Waals surface area contributed by atoms with Gasteiger partial charge in [-0.25, -0.2) is 4.98 Å². The Balaban J connectivity index is 2.05. The van der Waals surface area contributed by atoms with Crippen LogP contribution in [0.4, 0.5) is 13.2 Å². The Labute approximate surface area is 129 Å². The molecule has 0 saturated heterocycles. The predicted molar refractivity (Wildman–Crippen MR) is 79.4 cm³/mol. The summed E-state index contributed by atoms with van der Waals surface area (Å²) in [5, 5.41) is 9.70. The standard InChI is InChI=1S/C16H13F3N2O2/c1-2-23-14-7-9(3-6-13(14)22)15-20-11-5-4-10(16(17,18)19)8-12(11)21-15/h3-8,22H,2H2,1H3,(H,20,21). The molecule has 4 nitrogen and oxygen atoms in total. The van der Waals surface area contributed by atoms with Crippen molar-refractivity contribution in [2.75, 3.05) is 6.61 Å². The van der Waals surface area contributed by atoms with Gasteiger partial charge in [-0.3, -0.25) is 0 Å². The Morgan fingerprint density at radius 1 is 1.17 bits per heavy atom. The lowest BCUT2D eigenvalue weighted by atomic mass is 10.2. The zero-order valence-electron chi connectivity index (χ0n) is 12.1. The Hall–Kier alpha value is -2.70. The first-order valence-corrected chi connectivity index (χ1v) is 6.91. The molecular formula is C16H13F3N2O2. The zero-order chi connectivity index (χ0) is 16.6. The van der Waals surface area contributed by atoms with Gasteiger partial charge in [0.15, 0.2) is 11.5 Å². The third-order valence-corrected chi connectivity index (χ3v) is 3.34. The van der Waals surface area contributed by atoms with Crippen LogP contribution in [-0.2, 0) is 6.18 Å². The number of hydrogen-bond acceptors (Lipinski definition) is 3. The number of aromatic nitrogens is 2. The fourth-order valence-electron chi connectivity index (χ4n) is 2.26. The summed E-state index contributed by atoms with van der Waals surface area (Å²) in [5.74, 6) is 0.688. The topological polar surface area (TPSA) is 58.1 Å². The molecule has 0 atom stereocenters. The molecule has 3 aromatic rings. The molecule has 2 aromatic carbocycles. The van der Waals surface area contributed by atoms with E-state index in [4.69, 9.17) is 4.74 Å². The van der Waals surface area contributed by atoms with Crippen molar-refractivity contribution in [1.29, 1.82) is 0 Å². The van der Waals surface area contributed by atoms with Gasteiger partial charge in [0.25, 0.3) is 0 Å². The molecule has 120 valence electrons. The minimum Gasteiger partial charge on any atom is -0.504 e. The number of H-pyrrole nitrogens is 1. The van der Waals surface area contributed by atoms with E-state index in [1.54, 1.807) is 19.1 Å². The number of phenols is 1. The van der Waals surface area contributed by atoms with Crippen LogP contribution in [-0.4, -0.2) is 21.7 Å². The monoisotopic (exact) mass is 322 g/mol. The predicted octanol–water partition coefficient (Wildman–Crippen LogP) is 4.35. The van der Waals surface area contributed by atoms with Gasteiger partial charge in [0.2, 0.25) is 0 Å². The molecule has 0 saturated carbocycles. The van der Waals surface area contributed by atoms with Crippen molar-refractivity contribution < 1.29 is 23.0 Å². The van der Waals surface area contributed by atoms with Crippen LogP contribution in [0.1, 0.15) is 12.5 Å². The molecule has 1 heterocycles. The van der Waals surface area contributed by atoms with Crippen molar-refractivity contribution in [1.82, 2.24) is 9.97 Å². The van der Waals surface area contributed by atoms with Crippen molar-refractivity contribution >= 4 is 11.0 Å². The van der Waals surface area contributed by atoms with Crippen LogP contribution in [0.15, 0.2) is 36.4 Å². The zero-order valence-corrected chi connectivity index (χ0v) is 12.1. The fourth-order valence-corrected chi connectivity index (χ4v) is 2.26. The minimum atomic E-state index is -4.40. The highest BCUT2D eigenvalue weighted by atomic mass is 19.4. The molecule has 0 unspecified atom stereocenters. The molecular weight excluding hydrogens is 309 g/mol. The highest BCUT2D eigenvalue weighted by Crippen LogP contribution is 2.33. The van der Waals surface area contributed by atoms with E-state index in [9.17, 15) is 18.3 Å². The van der Waals surface area contributed by atoms with E-state index in [2.05, 4.69) is 9.97 Å². The van der Waals surface area contributed by atoms with E-state index in [1.807, 2.05) is 0 Å². The third-order valence-electron chi connectivity index (χ3n) is 3.34. The molecule has 2 N–H and O–H groups in total. The second kappa shape index (κ2) is 5.49. The van der Waals surface area contributed by atoms with Gasteiger partial charge < -0.3 is 14.8 Å². The number of aromatic amines is 1. The van der Waals surface area contributed by atoms with Crippen LogP contribution in [0.25, 0.3) is 22.4 Å². The van der Waals surface area contributed by atoms with Gasteiger partial charge in [-0.05, 0) is 43.3 Å². The molecule has 1 aromatic heterocycles. The lowest BCUT2D eigenvalue weighted by Crippen LogP contribution is -2.04. The number of alkyl halides is 3. The van der Waals surface area contributed by atoms with Gasteiger partial charge in [-0.2, -0.15) is 13.2 Å². The fraction of sp³-hybridized carbons (Fsp3) is 0.188. The number of aromatic hydroxyl groups is 1. The highest BCUT2D eigenvalue weighted by Gasteiger charge is 2.30. The van der Waals surface area contributed by atoms with Crippen molar-refractivity contribution in [2.45, 2.75) is 13.1 Å². The lowest BCUT2D eigenvalue weighted by molar-refractivity contribution is -0.137. The van der Waals surface area contributed by atoms with Gasteiger partial charge in [0.1, 0.15) is 5.82 Å². The van der Waals surface area contributed by atoms with Crippen LogP contribution in [0.3, 0.4) is 0 Å². The Kier molecular flexibility index (Phi) is 3.63. The van der Waals surface area contributed by atoms with E-state index in [1.165, 1.54) is 12.1 Å². The van der Waals surface area contributed by atoms with Crippen molar-refractivity contribution in [3.8, 4) is 22.9 Å². The second-order valence-corrected chi connectivity index (χ2v) is 4.93. The van der Waals surface area contributed by atoms with Gasteiger partial charge in [0.05, 0.1) is 23.2 Å². The van der Waals surface area contributed by atoms with Crippen LogP contribution >= 0.6 is 0 Å². The van der Waals surface area contributed by atoms with Crippen molar-refractivity contribution in [2.24, 2.45) is 0 Å². The number of imidazole rings is 1. The SMILES string of the molecule is CCOc1cc(-c2nc3ccc(C(F)(F)F)cc3[nH]2)ccc1O. The maximum atomic E-state index is 12.7. The maximum Gasteiger partial charge on any atom is 0.416 e. The lowest BCUT2D eigenvalue weighted by Gasteiger charge is -2.06. The summed E-state index contributed by atoms with van der Waals surface area (Å²) in [7, 11) is 0. The summed E-state index contributed by atoms with van der Waals surface area (Å²) in [5.41, 5.74) is 0.594.